The molecule has 2 saturated heterocycles. The summed E-state index contributed by atoms with van der Waals surface area (Å²) in [6.45, 7) is 4.93. The van der Waals surface area contributed by atoms with Crippen molar-refractivity contribution in [2.75, 3.05) is 33.2 Å². The van der Waals surface area contributed by atoms with Gasteiger partial charge in [0.05, 0.1) is 0 Å². The van der Waals surface area contributed by atoms with Crippen LogP contribution < -0.4 is 10.6 Å². The van der Waals surface area contributed by atoms with Gasteiger partial charge in [-0.25, -0.2) is 0 Å². The smallest absolute Gasteiger partial charge is 0.00940 e. The molecular weight excluding hydrogens is 174 g/mol. The number of nitrogens with zero attached hydrogens (tertiary/aromatic N) is 1. The average Bonchev–Trinajstić information content (AvgIpc) is 2.23. The van der Waals surface area contributed by atoms with Gasteiger partial charge in [0.1, 0.15) is 0 Å². The number of nitrogens with one attached hydrogen (secondary N) is 2. The third-order valence-corrected chi connectivity index (χ3v) is 3.53. The van der Waals surface area contributed by atoms with Crippen LogP contribution in [0.15, 0.2) is 0 Å². The highest BCUT2D eigenvalue weighted by molar-refractivity contribution is 4.82. The molecule has 0 aromatic rings. The molecule has 2 N–H and O–H groups in total. The summed E-state index contributed by atoms with van der Waals surface area (Å²) < 4.78 is 0. The predicted molar refractivity (Wildman–Crippen MR) is 59.5 cm³/mol. The van der Waals surface area contributed by atoms with Crippen LogP contribution in [0, 0.1) is 0 Å². The first-order valence-corrected chi connectivity index (χ1v) is 6.00. The lowest BCUT2D eigenvalue weighted by Gasteiger charge is -2.34. The number of piperidine rings is 2. The molecule has 0 atom stereocenters. The van der Waals surface area contributed by atoms with Crippen LogP contribution in [-0.4, -0.2) is 50.2 Å². The zero-order valence-electron chi connectivity index (χ0n) is 9.26. The molecule has 3 heteroatoms. The minimum absolute atomic E-state index is 0.782. The van der Waals surface area contributed by atoms with E-state index < -0.39 is 0 Å². The third kappa shape index (κ3) is 2.94. The fourth-order valence-electron chi connectivity index (χ4n) is 2.50. The lowest BCUT2D eigenvalue weighted by molar-refractivity contribution is 0.215. The van der Waals surface area contributed by atoms with E-state index >= 15 is 0 Å². The number of hydrogen-bond donors (Lipinski definition) is 2. The highest BCUT2D eigenvalue weighted by atomic mass is 15.1. The minimum atomic E-state index is 0.782. The van der Waals surface area contributed by atoms with Gasteiger partial charge in [-0.3, -0.25) is 0 Å². The second-order valence-corrected chi connectivity index (χ2v) is 4.77. The summed E-state index contributed by atoms with van der Waals surface area (Å²) in [5, 5.41) is 7.22. The average molecular weight is 197 g/mol. The Morgan fingerprint density at radius 2 is 1.57 bits per heavy atom. The summed E-state index contributed by atoms with van der Waals surface area (Å²) >= 11 is 0. The van der Waals surface area contributed by atoms with E-state index in [1.165, 1.54) is 51.9 Å². The SMILES string of the molecule is CN1CCC(NC2CCNCC2)CC1. The van der Waals surface area contributed by atoms with Gasteiger partial charge >= 0.3 is 0 Å². The molecule has 2 fully saturated rings. The molecule has 2 aliphatic heterocycles. The van der Waals surface area contributed by atoms with Gasteiger partial charge in [0.15, 0.2) is 0 Å². The second-order valence-electron chi connectivity index (χ2n) is 4.77. The van der Waals surface area contributed by atoms with E-state index in [9.17, 15) is 0 Å². The Hall–Kier alpha value is -0.120. The van der Waals surface area contributed by atoms with Crippen LogP contribution in [-0.2, 0) is 0 Å². The molecule has 2 rings (SSSR count). The van der Waals surface area contributed by atoms with E-state index in [1.807, 2.05) is 0 Å². The third-order valence-electron chi connectivity index (χ3n) is 3.53. The maximum absolute atomic E-state index is 3.81. The van der Waals surface area contributed by atoms with E-state index in [2.05, 4.69) is 22.6 Å². The zero-order chi connectivity index (χ0) is 9.80. The van der Waals surface area contributed by atoms with Gasteiger partial charge in [0, 0.05) is 12.1 Å². The Labute approximate surface area is 87.2 Å². The number of hydrogen-bond acceptors (Lipinski definition) is 3. The molecule has 0 aromatic heterocycles. The van der Waals surface area contributed by atoms with Gasteiger partial charge in [0.25, 0.3) is 0 Å². The fraction of sp³-hybridized carbons (Fsp3) is 1.00. The normalized spacial score (nSPS) is 28.1. The molecule has 0 amide bonds. The van der Waals surface area contributed by atoms with Crippen molar-refractivity contribution in [1.29, 1.82) is 0 Å². The summed E-state index contributed by atoms with van der Waals surface area (Å²) in [5.41, 5.74) is 0. The molecular formula is C11H23N3. The minimum Gasteiger partial charge on any atom is -0.317 e. The van der Waals surface area contributed by atoms with E-state index in [4.69, 9.17) is 0 Å². The summed E-state index contributed by atoms with van der Waals surface area (Å²) in [4.78, 5) is 2.43. The Morgan fingerprint density at radius 1 is 1.00 bits per heavy atom. The summed E-state index contributed by atoms with van der Waals surface area (Å²) in [5.74, 6) is 0. The van der Waals surface area contributed by atoms with Gasteiger partial charge in [-0.2, -0.15) is 0 Å². The van der Waals surface area contributed by atoms with Crippen LogP contribution in [0.4, 0.5) is 0 Å². The van der Waals surface area contributed by atoms with Crippen LogP contribution in [0.2, 0.25) is 0 Å². The van der Waals surface area contributed by atoms with Crippen molar-refractivity contribution >= 4 is 0 Å². The molecule has 0 bridgehead atoms. The molecule has 14 heavy (non-hydrogen) atoms. The fourth-order valence-corrected chi connectivity index (χ4v) is 2.50. The molecule has 0 unspecified atom stereocenters. The molecule has 3 nitrogen and oxygen atoms in total. The van der Waals surface area contributed by atoms with Crippen LogP contribution in [0.25, 0.3) is 0 Å². The summed E-state index contributed by atoms with van der Waals surface area (Å²) in [6, 6.07) is 1.57. The highest BCUT2D eigenvalue weighted by Crippen LogP contribution is 2.11. The van der Waals surface area contributed by atoms with Gasteiger partial charge in [0.2, 0.25) is 0 Å². The van der Waals surface area contributed by atoms with Crippen molar-refractivity contribution < 1.29 is 0 Å². The molecule has 0 aliphatic carbocycles. The molecule has 0 spiro atoms. The molecule has 2 heterocycles. The molecule has 0 saturated carbocycles. The second kappa shape index (κ2) is 5.10. The number of likely N-dealkylation sites (tertiary alicyclic amines) is 1. The van der Waals surface area contributed by atoms with Crippen molar-refractivity contribution in [2.24, 2.45) is 0 Å². The lowest BCUT2D eigenvalue weighted by Crippen LogP contribution is -2.48. The van der Waals surface area contributed by atoms with Gasteiger partial charge in [-0.05, 0) is 58.9 Å². The zero-order valence-corrected chi connectivity index (χ0v) is 9.26. The van der Waals surface area contributed by atoms with Gasteiger partial charge in [-0.15, -0.1) is 0 Å². The van der Waals surface area contributed by atoms with Crippen LogP contribution in [0.3, 0.4) is 0 Å². The van der Waals surface area contributed by atoms with E-state index in [1.54, 1.807) is 0 Å². The van der Waals surface area contributed by atoms with Crippen LogP contribution >= 0.6 is 0 Å². The standard InChI is InChI=1S/C11H23N3/c1-14-8-4-11(5-9-14)13-10-2-6-12-7-3-10/h10-13H,2-9H2,1H3. The highest BCUT2D eigenvalue weighted by Gasteiger charge is 2.20. The Balaban J connectivity index is 1.68. The predicted octanol–water partition coefficient (Wildman–Crippen LogP) is 0.422. The summed E-state index contributed by atoms with van der Waals surface area (Å²) in [6.07, 6.45) is 5.29. The lowest BCUT2D eigenvalue weighted by atomic mass is 10.0. The molecule has 0 radical (unpaired) electrons. The Bertz CT molecular complexity index is 158. The van der Waals surface area contributed by atoms with Gasteiger partial charge < -0.3 is 15.5 Å². The quantitative estimate of drug-likeness (QED) is 0.672. The first-order valence-electron chi connectivity index (χ1n) is 6.00. The van der Waals surface area contributed by atoms with E-state index in [-0.39, 0.29) is 0 Å². The number of rotatable bonds is 2. The van der Waals surface area contributed by atoms with E-state index in [0.717, 1.165) is 12.1 Å². The van der Waals surface area contributed by atoms with Crippen molar-refractivity contribution in [3.05, 3.63) is 0 Å². The monoisotopic (exact) mass is 197 g/mol. The maximum atomic E-state index is 3.81. The Kier molecular flexibility index (Phi) is 3.79. The first-order chi connectivity index (χ1) is 6.84. The topological polar surface area (TPSA) is 27.3 Å². The maximum Gasteiger partial charge on any atom is 0.00940 e. The van der Waals surface area contributed by atoms with Crippen molar-refractivity contribution in [3.63, 3.8) is 0 Å². The Morgan fingerprint density at radius 3 is 2.21 bits per heavy atom. The molecule has 82 valence electrons. The van der Waals surface area contributed by atoms with Crippen molar-refractivity contribution in [1.82, 2.24) is 15.5 Å². The van der Waals surface area contributed by atoms with Crippen LogP contribution in [0.1, 0.15) is 25.7 Å². The first kappa shape index (κ1) is 10.4. The van der Waals surface area contributed by atoms with Crippen molar-refractivity contribution in [3.8, 4) is 0 Å². The molecule has 2 aliphatic rings. The van der Waals surface area contributed by atoms with Crippen molar-refractivity contribution in [2.45, 2.75) is 37.8 Å². The van der Waals surface area contributed by atoms with Gasteiger partial charge in [-0.1, -0.05) is 0 Å². The molecule has 0 aromatic carbocycles. The largest absolute Gasteiger partial charge is 0.317 e. The van der Waals surface area contributed by atoms with E-state index in [0.29, 0.717) is 0 Å². The summed E-state index contributed by atoms with van der Waals surface area (Å²) in [7, 11) is 2.22. The van der Waals surface area contributed by atoms with Crippen LogP contribution in [0.5, 0.6) is 0 Å².